The summed E-state index contributed by atoms with van der Waals surface area (Å²) in [6.07, 6.45) is 1.81. The minimum absolute atomic E-state index is 0.188. The van der Waals surface area contributed by atoms with Crippen molar-refractivity contribution in [2.75, 3.05) is 22.2 Å². The summed E-state index contributed by atoms with van der Waals surface area (Å²) in [5.74, 6) is 0. The third-order valence-corrected chi connectivity index (χ3v) is 6.96. The van der Waals surface area contributed by atoms with Gasteiger partial charge < -0.3 is 0 Å². The average molecular weight is 383 g/mol. The van der Waals surface area contributed by atoms with Crippen molar-refractivity contribution in [2.45, 2.75) is 13.0 Å². The number of fused-ring (bicyclic) bond motifs is 1. The Hall–Kier alpha value is -0.640. The molecule has 0 radical (unpaired) electrons. The topological polar surface area (TPSA) is 83.6 Å². The molecule has 0 bridgehead atoms. The Morgan fingerprint density at radius 1 is 1.25 bits per heavy atom. The van der Waals surface area contributed by atoms with Gasteiger partial charge in [0.05, 0.1) is 6.26 Å². The quantitative estimate of drug-likeness (QED) is 0.790. The number of hydrogen-bond donors (Lipinski definition) is 1. The van der Waals surface area contributed by atoms with Gasteiger partial charge in [0.25, 0.3) is 0 Å². The number of rotatable bonds is 4. The first-order valence-electron chi connectivity index (χ1n) is 5.85. The van der Waals surface area contributed by atoms with E-state index in [4.69, 9.17) is 0 Å². The van der Waals surface area contributed by atoms with Crippen LogP contribution in [0.25, 0.3) is 0 Å². The third kappa shape index (κ3) is 3.72. The van der Waals surface area contributed by atoms with E-state index in [1.54, 1.807) is 12.1 Å². The summed E-state index contributed by atoms with van der Waals surface area (Å²) in [7, 11) is -6.64. The van der Waals surface area contributed by atoms with Gasteiger partial charge in [-0.3, -0.25) is 4.72 Å². The molecule has 0 aliphatic carbocycles. The van der Waals surface area contributed by atoms with Gasteiger partial charge in [-0.15, -0.1) is 0 Å². The van der Waals surface area contributed by atoms with Crippen LogP contribution in [0, 0.1) is 0 Å². The maximum atomic E-state index is 11.6. The lowest BCUT2D eigenvalue weighted by Gasteiger charge is -2.27. The SMILES string of the molecule is CS(=O)(=O)N1CCc2ccc(NS(=O)(=O)CBr)cc2C1. The van der Waals surface area contributed by atoms with E-state index in [0.717, 1.165) is 11.1 Å². The molecule has 0 atom stereocenters. The lowest BCUT2D eigenvalue weighted by atomic mass is 10.0. The molecule has 0 fully saturated rings. The second kappa shape index (κ2) is 5.63. The molecule has 1 aromatic rings. The van der Waals surface area contributed by atoms with Gasteiger partial charge >= 0.3 is 0 Å². The zero-order chi connectivity index (χ0) is 15.0. The fraction of sp³-hybridized carbons (Fsp3) is 0.455. The van der Waals surface area contributed by atoms with Crippen molar-refractivity contribution in [1.82, 2.24) is 4.31 Å². The largest absolute Gasteiger partial charge is 0.283 e. The predicted molar refractivity (Wildman–Crippen MR) is 81.7 cm³/mol. The molecule has 1 aromatic carbocycles. The van der Waals surface area contributed by atoms with E-state index >= 15 is 0 Å². The molecule has 1 aliphatic heterocycles. The second-order valence-corrected chi connectivity index (χ2v) is 9.66. The monoisotopic (exact) mass is 382 g/mol. The Morgan fingerprint density at radius 2 is 1.95 bits per heavy atom. The van der Waals surface area contributed by atoms with Crippen LogP contribution in [0.4, 0.5) is 5.69 Å². The van der Waals surface area contributed by atoms with Crippen molar-refractivity contribution in [3.05, 3.63) is 29.3 Å². The molecule has 0 amide bonds. The van der Waals surface area contributed by atoms with Crippen LogP contribution in [0.5, 0.6) is 0 Å². The molecule has 1 heterocycles. The number of halogens is 1. The molecule has 0 saturated carbocycles. The summed E-state index contributed by atoms with van der Waals surface area (Å²) in [6, 6.07) is 5.21. The van der Waals surface area contributed by atoms with Gasteiger partial charge in [-0.25, -0.2) is 16.8 Å². The van der Waals surface area contributed by atoms with Crippen molar-refractivity contribution in [3.8, 4) is 0 Å². The van der Waals surface area contributed by atoms with Crippen molar-refractivity contribution in [1.29, 1.82) is 0 Å². The highest BCUT2D eigenvalue weighted by molar-refractivity contribution is 9.10. The normalized spacial score (nSPS) is 16.7. The highest BCUT2D eigenvalue weighted by atomic mass is 79.9. The molecule has 0 spiro atoms. The number of alkyl halides is 1. The molecule has 1 N–H and O–H groups in total. The molecule has 0 aromatic heterocycles. The van der Waals surface area contributed by atoms with Gasteiger partial charge in [-0.1, -0.05) is 22.0 Å². The molecule has 6 nitrogen and oxygen atoms in total. The van der Waals surface area contributed by atoms with Gasteiger partial charge in [0, 0.05) is 18.8 Å². The zero-order valence-corrected chi connectivity index (χ0v) is 14.1. The summed E-state index contributed by atoms with van der Waals surface area (Å²) in [5.41, 5.74) is 2.32. The summed E-state index contributed by atoms with van der Waals surface area (Å²) >= 11 is 2.90. The van der Waals surface area contributed by atoms with E-state index in [0.29, 0.717) is 18.7 Å². The van der Waals surface area contributed by atoms with Gasteiger partial charge in [-0.05, 0) is 29.7 Å². The van der Waals surface area contributed by atoms with E-state index in [9.17, 15) is 16.8 Å². The van der Waals surface area contributed by atoms with Crippen molar-refractivity contribution in [3.63, 3.8) is 0 Å². The van der Waals surface area contributed by atoms with Crippen LogP contribution in [0.15, 0.2) is 18.2 Å². The molecule has 9 heteroatoms. The van der Waals surface area contributed by atoms with Crippen LogP contribution < -0.4 is 4.72 Å². The highest BCUT2D eigenvalue weighted by Crippen LogP contribution is 2.24. The molecule has 2 rings (SSSR count). The summed E-state index contributed by atoms with van der Waals surface area (Å²) < 4.78 is 49.7. The molecule has 1 aliphatic rings. The molecular formula is C11H15BrN2O4S2. The molecule has 0 unspecified atom stereocenters. The number of nitrogens with one attached hydrogen (secondary N) is 1. The van der Waals surface area contributed by atoms with E-state index < -0.39 is 20.0 Å². The van der Waals surface area contributed by atoms with Gasteiger partial charge in [-0.2, -0.15) is 4.31 Å². The standard InChI is InChI=1S/C11H15BrN2O4S2/c1-19(15,16)14-5-4-9-2-3-11(6-10(9)7-14)13-20(17,18)8-12/h2-3,6,13H,4-5,7-8H2,1H3. The Labute approximate surface area is 127 Å². The van der Waals surface area contributed by atoms with Crippen LogP contribution in [-0.4, -0.2) is 38.6 Å². The Morgan fingerprint density at radius 3 is 2.55 bits per heavy atom. The summed E-state index contributed by atoms with van der Waals surface area (Å²) in [5, 5.41) is 0. The molecule has 20 heavy (non-hydrogen) atoms. The number of hydrogen-bond acceptors (Lipinski definition) is 4. The minimum atomic E-state index is -3.41. The van der Waals surface area contributed by atoms with E-state index in [-0.39, 0.29) is 11.2 Å². The van der Waals surface area contributed by atoms with Crippen LogP contribution in [-0.2, 0) is 33.0 Å². The Balaban J connectivity index is 2.28. The second-order valence-electron chi connectivity index (χ2n) is 4.66. The molecular weight excluding hydrogens is 368 g/mol. The Kier molecular flexibility index (Phi) is 4.43. The zero-order valence-electron chi connectivity index (χ0n) is 10.8. The molecule has 0 saturated heterocycles. The van der Waals surface area contributed by atoms with E-state index in [1.807, 2.05) is 6.07 Å². The van der Waals surface area contributed by atoms with Gasteiger partial charge in [0.15, 0.2) is 0 Å². The van der Waals surface area contributed by atoms with Gasteiger partial charge in [0.1, 0.15) is 4.66 Å². The van der Waals surface area contributed by atoms with Crippen molar-refractivity contribution >= 4 is 41.7 Å². The van der Waals surface area contributed by atoms with Crippen LogP contribution in [0.1, 0.15) is 11.1 Å². The number of nitrogens with zero attached hydrogens (tertiary/aromatic N) is 1. The summed E-state index contributed by atoms with van der Waals surface area (Å²) in [6.45, 7) is 0.732. The molecule has 112 valence electrons. The summed E-state index contributed by atoms with van der Waals surface area (Å²) in [4.78, 5) is 0. The average Bonchev–Trinajstić information content (AvgIpc) is 2.36. The lowest BCUT2D eigenvalue weighted by molar-refractivity contribution is 0.395. The maximum Gasteiger partial charge on any atom is 0.242 e. The first-order chi connectivity index (χ1) is 9.21. The van der Waals surface area contributed by atoms with Crippen LogP contribution in [0.3, 0.4) is 0 Å². The first kappa shape index (κ1) is 15.7. The number of benzene rings is 1. The van der Waals surface area contributed by atoms with Crippen LogP contribution >= 0.6 is 15.9 Å². The third-order valence-electron chi connectivity index (χ3n) is 3.07. The van der Waals surface area contributed by atoms with Gasteiger partial charge in [0.2, 0.25) is 20.0 Å². The fourth-order valence-corrected chi connectivity index (χ4v) is 3.77. The lowest BCUT2D eigenvalue weighted by Crippen LogP contribution is -2.35. The Bertz CT molecular complexity index is 716. The van der Waals surface area contributed by atoms with Crippen LogP contribution in [0.2, 0.25) is 0 Å². The minimum Gasteiger partial charge on any atom is -0.283 e. The van der Waals surface area contributed by atoms with E-state index in [1.165, 1.54) is 10.6 Å². The smallest absolute Gasteiger partial charge is 0.242 e. The highest BCUT2D eigenvalue weighted by Gasteiger charge is 2.23. The fourth-order valence-electron chi connectivity index (χ4n) is 2.08. The van der Waals surface area contributed by atoms with Crippen molar-refractivity contribution in [2.24, 2.45) is 0 Å². The number of sulfonamides is 2. The van der Waals surface area contributed by atoms with E-state index in [2.05, 4.69) is 20.7 Å². The predicted octanol–water partition coefficient (Wildman–Crippen LogP) is 1.10. The first-order valence-corrected chi connectivity index (χ1v) is 10.5. The maximum absolute atomic E-state index is 11.6. The number of anilines is 1. The van der Waals surface area contributed by atoms with Crippen molar-refractivity contribution < 1.29 is 16.8 Å².